The molecule has 0 spiro atoms. The molecule has 0 saturated carbocycles. The monoisotopic (exact) mass is 597 g/mol. The molecular formula is C39H41N4O2+. The number of allylic oxidation sites excluding steroid dienone is 5. The van der Waals surface area contributed by atoms with Gasteiger partial charge in [0, 0.05) is 18.7 Å². The molecule has 0 heterocycles. The van der Waals surface area contributed by atoms with Crippen molar-refractivity contribution in [2.24, 2.45) is 10.2 Å². The maximum Gasteiger partial charge on any atom is 0.238 e. The maximum atomic E-state index is 5.27. The molecular weight excluding hydrogens is 556 g/mol. The summed E-state index contributed by atoms with van der Waals surface area (Å²) in [6, 6.07) is 32.5. The van der Waals surface area contributed by atoms with Crippen molar-refractivity contribution in [2.75, 3.05) is 28.3 Å². The Morgan fingerprint density at radius 1 is 0.644 bits per heavy atom. The number of ether oxygens (including phenoxy) is 2. The van der Waals surface area contributed by atoms with Crippen molar-refractivity contribution in [3.8, 4) is 11.5 Å². The van der Waals surface area contributed by atoms with E-state index in [1.807, 2.05) is 103 Å². The first-order valence-electron chi connectivity index (χ1n) is 14.8. The van der Waals surface area contributed by atoms with Gasteiger partial charge in [0.2, 0.25) is 5.71 Å². The topological polar surface area (TPSA) is 49.4 Å². The van der Waals surface area contributed by atoms with Gasteiger partial charge in [0.05, 0.1) is 26.1 Å². The summed E-state index contributed by atoms with van der Waals surface area (Å²) in [5, 5.41) is 11.3. The zero-order valence-corrected chi connectivity index (χ0v) is 26.9. The highest BCUT2D eigenvalue weighted by molar-refractivity contribution is 6.05. The normalized spacial score (nSPS) is 12.8. The van der Waals surface area contributed by atoms with Crippen LogP contribution in [0, 0.1) is 13.8 Å². The lowest BCUT2D eigenvalue weighted by atomic mass is 10.1. The van der Waals surface area contributed by atoms with Crippen LogP contribution < -0.4 is 9.47 Å². The molecule has 4 aromatic rings. The molecule has 0 N–H and O–H groups in total. The van der Waals surface area contributed by atoms with Crippen molar-refractivity contribution < 1.29 is 14.2 Å². The van der Waals surface area contributed by atoms with Gasteiger partial charge in [-0.3, -0.25) is 5.01 Å². The van der Waals surface area contributed by atoms with Gasteiger partial charge in [-0.05, 0) is 102 Å². The number of hydrogen-bond acceptors (Lipinski definition) is 5. The van der Waals surface area contributed by atoms with Crippen molar-refractivity contribution in [2.45, 2.75) is 13.8 Å². The Morgan fingerprint density at radius 3 is 1.69 bits per heavy atom. The van der Waals surface area contributed by atoms with Crippen LogP contribution in [0.4, 0.5) is 0 Å². The molecule has 0 aliphatic rings. The zero-order valence-electron chi connectivity index (χ0n) is 26.9. The van der Waals surface area contributed by atoms with Gasteiger partial charge in [0.15, 0.2) is 7.05 Å². The fraction of sp³-hybridized carbons (Fsp3) is 0.154. The summed E-state index contributed by atoms with van der Waals surface area (Å²) < 4.78 is 12.4. The molecule has 0 saturated heterocycles. The third-order valence-corrected chi connectivity index (χ3v) is 7.11. The first-order valence-corrected chi connectivity index (χ1v) is 14.8. The highest BCUT2D eigenvalue weighted by Crippen LogP contribution is 2.20. The van der Waals surface area contributed by atoms with E-state index in [2.05, 4.69) is 74.5 Å². The number of methoxy groups -OCH3 is 2. The first-order chi connectivity index (χ1) is 21.9. The highest BCUT2D eigenvalue weighted by atomic mass is 16.5. The van der Waals surface area contributed by atoms with Crippen molar-refractivity contribution in [3.63, 3.8) is 0 Å². The Balaban J connectivity index is 1.59. The molecule has 6 nitrogen and oxygen atoms in total. The van der Waals surface area contributed by atoms with Crippen LogP contribution in [0.3, 0.4) is 0 Å². The average molecular weight is 598 g/mol. The molecule has 0 atom stereocenters. The zero-order chi connectivity index (χ0) is 32.0. The molecule has 4 aromatic carbocycles. The Labute approximate surface area is 267 Å². The number of aryl methyl sites for hydroxylation is 2. The minimum absolute atomic E-state index is 0.817. The van der Waals surface area contributed by atoms with Gasteiger partial charge in [0.25, 0.3) is 0 Å². The first kappa shape index (κ1) is 32.4. The molecule has 0 unspecified atom stereocenters. The average Bonchev–Trinajstić information content (AvgIpc) is 3.07. The molecule has 0 fully saturated rings. The molecule has 6 heteroatoms. The predicted molar refractivity (Wildman–Crippen MR) is 188 cm³/mol. The van der Waals surface area contributed by atoms with Gasteiger partial charge in [-0.2, -0.15) is 5.10 Å². The number of rotatable bonds is 12. The molecule has 0 aliphatic heterocycles. The summed E-state index contributed by atoms with van der Waals surface area (Å²) in [7, 11) is 7.23. The summed E-state index contributed by atoms with van der Waals surface area (Å²) >= 11 is 0. The molecule has 228 valence electrons. The van der Waals surface area contributed by atoms with Gasteiger partial charge in [0.1, 0.15) is 17.7 Å². The van der Waals surface area contributed by atoms with Gasteiger partial charge >= 0.3 is 0 Å². The number of hydrogen-bond donors (Lipinski definition) is 0. The van der Waals surface area contributed by atoms with E-state index in [-0.39, 0.29) is 0 Å². The highest BCUT2D eigenvalue weighted by Gasteiger charge is 2.11. The van der Waals surface area contributed by atoms with Crippen molar-refractivity contribution in [3.05, 3.63) is 161 Å². The Kier molecular flexibility index (Phi) is 11.8. The van der Waals surface area contributed by atoms with E-state index in [4.69, 9.17) is 19.7 Å². The van der Waals surface area contributed by atoms with Crippen LogP contribution in [0.15, 0.2) is 138 Å². The Morgan fingerprint density at radius 2 is 1.16 bits per heavy atom. The second kappa shape index (κ2) is 16.4. The van der Waals surface area contributed by atoms with Crippen LogP contribution >= 0.6 is 0 Å². The Hall–Kier alpha value is -5.49. The SMILES string of the molecule is COc1ccc(C=NN(C)C(=CC=CC=CC(c2ccc(C)cc2)=[N+](C)N=Cc2ccc(OC)cc2)c2ccc(C)cc2)cc1. The van der Waals surface area contributed by atoms with Crippen molar-refractivity contribution >= 4 is 23.8 Å². The van der Waals surface area contributed by atoms with Crippen LogP contribution in [-0.4, -0.2) is 56.1 Å². The third kappa shape index (κ3) is 9.76. The number of hydrazone groups is 2. The fourth-order valence-corrected chi connectivity index (χ4v) is 4.40. The second-order valence-electron chi connectivity index (χ2n) is 10.5. The van der Waals surface area contributed by atoms with Crippen LogP contribution in [0.25, 0.3) is 5.70 Å². The van der Waals surface area contributed by atoms with Gasteiger partial charge in [-0.1, -0.05) is 70.4 Å². The van der Waals surface area contributed by atoms with E-state index >= 15 is 0 Å². The van der Waals surface area contributed by atoms with E-state index < -0.39 is 0 Å². The van der Waals surface area contributed by atoms with Crippen LogP contribution in [0.1, 0.15) is 33.4 Å². The second-order valence-corrected chi connectivity index (χ2v) is 10.5. The van der Waals surface area contributed by atoms with Gasteiger partial charge < -0.3 is 9.47 Å². The maximum absolute atomic E-state index is 5.27. The lowest BCUT2D eigenvalue weighted by Gasteiger charge is -2.17. The molecule has 45 heavy (non-hydrogen) atoms. The fourth-order valence-electron chi connectivity index (χ4n) is 4.40. The summed E-state index contributed by atoms with van der Waals surface area (Å²) in [4.78, 5) is 0. The number of benzene rings is 4. The van der Waals surface area contributed by atoms with E-state index in [0.717, 1.165) is 45.2 Å². The minimum Gasteiger partial charge on any atom is -0.497 e. The summed E-state index contributed by atoms with van der Waals surface area (Å²) in [6.45, 7) is 4.17. The van der Waals surface area contributed by atoms with Crippen LogP contribution in [-0.2, 0) is 0 Å². The standard InChI is InChI=1S/C39H41N4O2/c1-30-12-20-34(21-13-30)38(42(3)40-28-32-16-24-36(44-5)25-17-32)10-8-7-9-11-39(35-22-14-31(2)15-23-35)43(4)41-29-33-18-26-37(45-6)27-19-33/h7-29H,1-6H3/q+1. The molecule has 0 aliphatic carbocycles. The molecule has 0 amide bonds. The van der Waals surface area contributed by atoms with Gasteiger partial charge in [-0.25, -0.2) is 0 Å². The van der Waals surface area contributed by atoms with E-state index in [1.54, 1.807) is 14.2 Å². The van der Waals surface area contributed by atoms with E-state index in [0.29, 0.717) is 0 Å². The van der Waals surface area contributed by atoms with Crippen LogP contribution in [0.5, 0.6) is 11.5 Å². The quantitative estimate of drug-likeness (QED) is 0.0722. The minimum atomic E-state index is 0.817. The van der Waals surface area contributed by atoms with Crippen LogP contribution in [0.2, 0.25) is 0 Å². The summed E-state index contributed by atoms with van der Waals surface area (Å²) in [5.74, 6) is 1.63. The summed E-state index contributed by atoms with van der Waals surface area (Å²) in [6.07, 6.45) is 13.9. The van der Waals surface area contributed by atoms with Crippen molar-refractivity contribution in [1.29, 1.82) is 0 Å². The van der Waals surface area contributed by atoms with E-state index in [9.17, 15) is 0 Å². The smallest absolute Gasteiger partial charge is 0.238 e. The van der Waals surface area contributed by atoms with E-state index in [1.165, 1.54) is 11.1 Å². The Bertz CT molecular complexity index is 1710. The molecule has 0 bridgehead atoms. The third-order valence-electron chi connectivity index (χ3n) is 7.11. The lowest BCUT2D eigenvalue weighted by molar-refractivity contribution is -0.500. The lowest BCUT2D eigenvalue weighted by Crippen LogP contribution is -2.12. The summed E-state index contributed by atoms with van der Waals surface area (Å²) in [5.41, 5.74) is 8.47. The molecule has 0 radical (unpaired) electrons. The number of nitrogens with zero attached hydrogens (tertiary/aromatic N) is 4. The van der Waals surface area contributed by atoms with Crippen molar-refractivity contribution in [1.82, 2.24) is 5.01 Å². The molecule has 0 aromatic heterocycles. The van der Waals surface area contributed by atoms with Gasteiger partial charge in [-0.15, -0.1) is 0 Å². The largest absolute Gasteiger partial charge is 0.497 e. The molecule has 4 rings (SSSR count). The predicted octanol–water partition coefficient (Wildman–Crippen LogP) is 7.91.